The van der Waals surface area contributed by atoms with Crippen molar-refractivity contribution >= 4 is 29.9 Å². The number of benzene rings is 2. The Morgan fingerprint density at radius 2 is 1.62 bits per heavy atom. The van der Waals surface area contributed by atoms with Crippen molar-refractivity contribution < 1.29 is 0 Å². The Kier molecular flexibility index (Phi) is 10.3. The number of imidazole rings is 1. The molecule has 0 aliphatic rings. The summed E-state index contributed by atoms with van der Waals surface area (Å²) in [6, 6.07) is 21.0. The molecule has 1 heterocycles. The molecule has 0 spiro atoms. The first-order valence-electron chi connectivity index (χ1n) is 9.95. The topological polar surface area (TPSA) is 54.2 Å². The van der Waals surface area contributed by atoms with Gasteiger partial charge in [-0.25, -0.2) is 4.98 Å². The highest BCUT2D eigenvalue weighted by Crippen LogP contribution is 2.06. The van der Waals surface area contributed by atoms with Gasteiger partial charge >= 0.3 is 0 Å². The lowest BCUT2D eigenvalue weighted by atomic mass is 10.1. The van der Waals surface area contributed by atoms with Crippen LogP contribution in [0.15, 0.2) is 78.0 Å². The summed E-state index contributed by atoms with van der Waals surface area (Å²) in [5.74, 6) is 1.92. The Bertz CT molecular complexity index is 846. The fraction of sp³-hybridized carbons (Fsp3) is 0.304. The van der Waals surface area contributed by atoms with Gasteiger partial charge in [-0.15, -0.1) is 24.0 Å². The van der Waals surface area contributed by atoms with Crippen molar-refractivity contribution in [3.63, 3.8) is 0 Å². The third kappa shape index (κ3) is 7.89. The lowest BCUT2D eigenvalue weighted by Gasteiger charge is -2.12. The van der Waals surface area contributed by atoms with Crippen LogP contribution < -0.4 is 10.6 Å². The molecular weight excluding hydrogens is 473 g/mol. The second-order valence-corrected chi connectivity index (χ2v) is 6.63. The summed E-state index contributed by atoms with van der Waals surface area (Å²) in [5, 5.41) is 6.73. The van der Waals surface area contributed by atoms with Crippen molar-refractivity contribution in [2.75, 3.05) is 19.6 Å². The fourth-order valence-corrected chi connectivity index (χ4v) is 3.07. The molecule has 0 saturated carbocycles. The summed E-state index contributed by atoms with van der Waals surface area (Å²) in [4.78, 5) is 9.22. The Labute approximate surface area is 190 Å². The fourth-order valence-electron chi connectivity index (χ4n) is 3.07. The highest BCUT2D eigenvalue weighted by atomic mass is 127. The molecule has 0 aliphatic carbocycles. The van der Waals surface area contributed by atoms with E-state index in [-0.39, 0.29) is 24.0 Å². The number of guanidine groups is 1. The summed E-state index contributed by atoms with van der Waals surface area (Å²) in [6.07, 6.45) is 5.70. The van der Waals surface area contributed by atoms with Gasteiger partial charge in [-0.2, -0.15) is 0 Å². The van der Waals surface area contributed by atoms with Gasteiger partial charge in [-0.05, 0) is 24.5 Å². The highest BCUT2D eigenvalue weighted by Gasteiger charge is 2.04. The Balaban J connectivity index is 0.00000300. The maximum absolute atomic E-state index is 4.71. The van der Waals surface area contributed by atoms with Gasteiger partial charge < -0.3 is 15.2 Å². The van der Waals surface area contributed by atoms with Crippen LogP contribution in [-0.2, 0) is 19.4 Å². The zero-order chi connectivity index (χ0) is 19.4. The van der Waals surface area contributed by atoms with E-state index in [2.05, 4.69) is 75.6 Å². The number of hydrogen-bond donors (Lipinski definition) is 2. The van der Waals surface area contributed by atoms with Crippen molar-refractivity contribution in [3.05, 3.63) is 90.0 Å². The molecule has 3 aromatic rings. The van der Waals surface area contributed by atoms with E-state index in [1.54, 1.807) is 0 Å². The van der Waals surface area contributed by atoms with Crippen LogP contribution in [0, 0.1) is 0 Å². The van der Waals surface area contributed by atoms with Crippen LogP contribution in [0.25, 0.3) is 0 Å². The van der Waals surface area contributed by atoms with E-state index >= 15 is 0 Å². The van der Waals surface area contributed by atoms with E-state index in [9.17, 15) is 0 Å². The number of aromatic nitrogens is 2. The highest BCUT2D eigenvalue weighted by molar-refractivity contribution is 14.0. The van der Waals surface area contributed by atoms with Crippen LogP contribution >= 0.6 is 24.0 Å². The summed E-state index contributed by atoms with van der Waals surface area (Å²) < 4.78 is 2.20. The van der Waals surface area contributed by atoms with E-state index < -0.39 is 0 Å². The smallest absolute Gasteiger partial charge is 0.191 e. The maximum Gasteiger partial charge on any atom is 0.191 e. The summed E-state index contributed by atoms with van der Waals surface area (Å²) in [6.45, 7) is 5.33. The minimum absolute atomic E-state index is 0. The van der Waals surface area contributed by atoms with Gasteiger partial charge in [0.1, 0.15) is 5.82 Å². The molecule has 1 aromatic heterocycles. The molecule has 2 N–H and O–H groups in total. The number of aliphatic imine (C=N–C) groups is 1. The first-order chi connectivity index (χ1) is 13.8. The average molecular weight is 503 g/mol. The number of rotatable bonds is 9. The second-order valence-electron chi connectivity index (χ2n) is 6.63. The van der Waals surface area contributed by atoms with Gasteiger partial charge in [0.25, 0.3) is 0 Å². The molecular formula is C23H30IN5. The molecule has 0 saturated heterocycles. The van der Waals surface area contributed by atoms with Crippen molar-refractivity contribution in [2.24, 2.45) is 4.99 Å². The molecule has 0 unspecified atom stereocenters. The van der Waals surface area contributed by atoms with E-state index in [1.807, 2.05) is 24.5 Å². The molecule has 3 rings (SSSR count). The molecule has 154 valence electrons. The predicted molar refractivity (Wildman–Crippen MR) is 131 cm³/mol. The zero-order valence-corrected chi connectivity index (χ0v) is 19.3. The van der Waals surface area contributed by atoms with Crippen LogP contribution in [0.2, 0.25) is 0 Å². The number of halogens is 1. The van der Waals surface area contributed by atoms with Crippen LogP contribution in [0.5, 0.6) is 0 Å². The Hall–Kier alpha value is -2.35. The molecule has 0 amide bonds. The number of nitrogens with zero attached hydrogens (tertiary/aromatic N) is 3. The Morgan fingerprint density at radius 3 is 2.31 bits per heavy atom. The molecule has 2 aromatic carbocycles. The minimum atomic E-state index is 0. The molecule has 5 nitrogen and oxygen atoms in total. The number of nitrogens with one attached hydrogen (secondary N) is 2. The predicted octanol–water partition coefficient (Wildman–Crippen LogP) is 3.89. The average Bonchev–Trinajstić information content (AvgIpc) is 3.16. The van der Waals surface area contributed by atoms with Gasteiger partial charge in [0, 0.05) is 45.0 Å². The van der Waals surface area contributed by atoms with Gasteiger partial charge in [0.15, 0.2) is 5.96 Å². The molecule has 0 bridgehead atoms. The molecule has 6 heteroatoms. The van der Waals surface area contributed by atoms with Gasteiger partial charge in [0.05, 0.1) is 0 Å². The minimum Gasteiger partial charge on any atom is -0.357 e. The third-order valence-electron chi connectivity index (χ3n) is 4.50. The summed E-state index contributed by atoms with van der Waals surface area (Å²) in [7, 11) is 0. The largest absolute Gasteiger partial charge is 0.357 e. The van der Waals surface area contributed by atoms with E-state index in [0.717, 1.165) is 44.3 Å². The van der Waals surface area contributed by atoms with Crippen molar-refractivity contribution in [1.82, 2.24) is 20.2 Å². The van der Waals surface area contributed by atoms with Crippen molar-refractivity contribution in [3.8, 4) is 0 Å². The zero-order valence-electron chi connectivity index (χ0n) is 16.9. The normalized spacial score (nSPS) is 11.0. The van der Waals surface area contributed by atoms with E-state index in [4.69, 9.17) is 4.99 Å². The molecule has 0 radical (unpaired) electrons. The third-order valence-corrected chi connectivity index (χ3v) is 4.50. The first-order valence-corrected chi connectivity index (χ1v) is 9.95. The van der Waals surface area contributed by atoms with Crippen LogP contribution in [-0.4, -0.2) is 35.1 Å². The molecule has 0 fully saturated rings. The lowest BCUT2D eigenvalue weighted by molar-refractivity contribution is 0.712. The maximum atomic E-state index is 4.71. The SMILES string of the molecule is CCNC(=NCCc1nccn1Cc1ccccc1)NCCc1ccccc1.I. The van der Waals surface area contributed by atoms with E-state index in [1.165, 1.54) is 11.1 Å². The first kappa shape index (κ1) is 22.9. The second kappa shape index (κ2) is 13.0. The summed E-state index contributed by atoms with van der Waals surface area (Å²) in [5.41, 5.74) is 2.61. The quantitative estimate of drug-likeness (QED) is 0.265. The monoisotopic (exact) mass is 503 g/mol. The van der Waals surface area contributed by atoms with Crippen LogP contribution in [0.1, 0.15) is 23.9 Å². The summed E-state index contributed by atoms with van der Waals surface area (Å²) >= 11 is 0. The molecule has 0 aliphatic heterocycles. The Morgan fingerprint density at radius 1 is 0.931 bits per heavy atom. The van der Waals surface area contributed by atoms with Crippen molar-refractivity contribution in [2.45, 2.75) is 26.3 Å². The van der Waals surface area contributed by atoms with E-state index in [0.29, 0.717) is 6.54 Å². The van der Waals surface area contributed by atoms with Gasteiger partial charge in [-0.1, -0.05) is 60.7 Å². The van der Waals surface area contributed by atoms with Crippen LogP contribution in [0.3, 0.4) is 0 Å². The van der Waals surface area contributed by atoms with Crippen molar-refractivity contribution in [1.29, 1.82) is 0 Å². The van der Waals surface area contributed by atoms with Gasteiger partial charge in [0.2, 0.25) is 0 Å². The molecule has 29 heavy (non-hydrogen) atoms. The number of hydrogen-bond acceptors (Lipinski definition) is 2. The van der Waals surface area contributed by atoms with Gasteiger partial charge in [-0.3, -0.25) is 4.99 Å². The lowest BCUT2D eigenvalue weighted by Crippen LogP contribution is -2.38. The van der Waals surface area contributed by atoms with Crippen LogP contribution in [0.4, 0.5) is 0 Å². The molecule has 0 atom stereocenters. The standard InChI is InChI=1S/C23H29N5.HI/c1-2-24-23(26-15-13-20-9-5-3-6-10-20)27-16-14-22-25-17-18-28(22)19-21-11-7-4-8-12-21;/h3-12,17-18H,2,13-16,19H2,1H3,(H2,24,26,27);1H.